The van der Waals surface area contributed by atoms with Crippen molar-refractivity contribution in [3.05, 3.63) is 69.1 Å². The molecular formula is C23H21BrN2O4. The number of ether oxygens (including phenoxy) is 1. The predicted octanol–water partition coefficient (Wildman–Crippen LogP) is 3.76. The summed E-state index contributed by atoms with van der Waals surface area (Å²) >= 11 is 3.48. The number of methoxy groups -OCH3 is 1. The first-order valence-corrected chi connectivity index (χ1v) is 10.5. The molecule has 30 heavy (non-hydrogen) atoms. The summed E-state index contributed by atoms with van der Waals surface area (Å²) in [5, 5.41) is 1.26. The number of nitrogens with zero attached hydrogens (tertiary/aromatic N) is 2. The van der Waals surface area contributed by atoms with Gasteiger partial charge in [-0.15, -0.1) is 0 Å². The molecular weight excluding hydrogens is 448 g/mol. The molecule has 1 aromatic heterocycles. The highest BCUT2D eigenvalue weighted by atomic mass is 79.9. The zero-order valence-electron chi connectivity index (χ0n) is 16.5. The molecule has 2 aromatic carbocycles. The largest absolute Gasteiger partial charge is 0.497 e. The van der Waals surface area contributed by atoms with Gasteiger partial charge in [-0.1, -0.05) is 12.1 Å². The summed E-state index contributed by atoms with van der Waals surface area (Å²) < 4.78 is 7.47. The molecule has 0 radical (unpaired) electrons. The third-order valence-corrected chi connectivity index (χ3v) is 5.99. The van der Waals surface area contributed by atoms with Gasteiger partial charge in [0.1, 0.15) is 5.75 Å². The molecule has 1 aliphatic rings. The lowest BCUT2D eigenvalue weighted by Gasteiger charge is -2.19. The SMILES string of the molecule is COc1ccc(Cn2ccc3cc(Br)c(N(C=O)CC(=O)C4CC4)cc3c2=O)cc1. The number of Topliss-reactive ketones (excluding diaryl/α,β-unsaturated/α-hetero) is 1. The first kappa shape index (κ1) is 20.3. The van der Waals surface area contributed by atoms with E-state index in [4.69, 9.17) is 4.74 Å². The summed E-state index contributed by atoms with van der Waals surface area (Å²) in [6.45, 7) is 0.437. The van der Waals surface area contributed by atoms with E-state index in [1.165, 1.54) is 4.90 Å². The first-order chi connectivity index (χ1) is 14.5. The van der Waals surface area contributed by atoms with E-state index >= 15 is 0 Å². The van der Waals surface area contributed by atoms with Gasteiger partial charge in [-0.2, -0.15) is 0 Å². The molecule has 1 saturated carbocycles. The highest BCUT2D eigenvalue weighted by Crippen LogP contribution is 2.33. The van der Waals surface area contributed by atoms with E-state index in [0.29, 0.717) is 28.5 Å². The van der Waals surface area contributed by atoms with Gasteiger partial charge in [-0.25, -0.2) is 0 Å². The molecule has 0 unspecified atom stereocenters. The van der Waals surface area contributed by atoms with Crippen molar-refractivity contribution in [1.82, 2.24) is 4.57 Å². The van der Waals surface area contributed by atoms with Crippen molar-refractivity contribution in [2.24, 2.45) is 5.92 Å². The van der Waals surface area contributed by atoms with Crippen molar-refractivity contribution in [3.8, 4) is 5.75 Å². The summed E-state index contributed by atoms with van der Waals surface area (Å²) in [7, 11) is 1.61. The number of fused-ring (bicyclic) bond motifs is 1. The maximum absolute atomic E-state index is 13.1. The summed E-state index contributed by atoms with van der Waals surface area (Å²) in [5.41, 5.74) is 1.33. The van der Waals surface area contributed by atoms with Gasteiger partial charge in [-0.3, -0.25) is 14.4 Å². The molecule has 3 aromatic rings. The molecule has 0 N–H and O–H groups in total. The van der Waals surface area contributed by atoms with Crippen molar-refractivity contribution < 1.29 is 14.3 Å². The van der Waals surface area contributed by atoms with Crippen LogP contribution in [0.1, 0.15) is 18.4 Å². The molecule has 7 heteroatoms. The summed E-state index contributed by atoms with van der Waals surface area (Å²) in [4.78, 5) is 38.4. The Morgan fingerprint density at radius 3 is 2.60 bits per heavy atom. The van der Waals surface area contributed by atoms with Gasteiger partial charge in [0.2, 0.25) is 6.41 Å². The zero-order valence-corrected chi connectivity index (χ0v) is 18.1. The van der Waals surface area contributed by atoms with Gasteiger partial charge in [0.15, 0.2) is 5.78 Å². The topological polar surface area (TPSA) is 68.6 Å². The maximum Gasteiger partial charge on any atom is 0.258 e. The van der Waals surface area contributed by atoms with E-state index in [9.17, 15) is 14.4 Å². The number of benzene rings is 2. The fourth-order valence-electron chi connectivity index (χ4n) is 3.45. The van der Waals surface area contributed by atoms with Crippen LogP contribution >= 0.6 is 15.9 Å². The lowest BCUT2D eigenvalue weighted by Crippen LogP contribution is -2.30. The molecule has 1 amide bonds. The third kappa shape index (κ3) is 4.16. The molecule has 0 spiro atoms. The van der Waals surface area contributed by atoms with Gasteiger partial charge < -0.3 is 14.2 Å². The Bertz CT molecular complexity index is 1170. The Labute approximate surface area is 182 Å². The molecule has 0 atom stereocenters. The number of carbonyl (C=O) groups excluding carboxylic acids is 2. The molecule has 6 nitrogen and oxygen atoms in total. The van der Waals surface area contributed by atoms with Crippen molar-refractivity contribution in [2.45, 2.75) is 19.4 Å². The standard InChI is InChI=1S/C23H21BrN2O4/c1-30-18-6-2-15(3-7-18)12-25-9-8-17-10-20(24)21(11-19(17)23(25)29)26(14-27)13-22(28)16-4-5-16/h2-3,6-11,14,16H,4-5,12-13H2,1H3. The Morgan fingerprint density at radius 1 is 1.23 bits per heavy atom. The average molecular weight is 469 g/mol. The number of carbonyl (C=O) groups is 2. The van der Waals surface area contributed by atoms with Crippen LogP contribution in [0.4, 0.5) is 5.69 Å². The molecule has 1 aliphatic carbocycles. The second-order valence-electron chi connectivity index (χ2n) is 7.46. The third-order valence-electron chi connectivity index (χ3n) is 5.35. The molecule has 1 fully saturated rings. The summed E-state index contributed by atoms with van der Waals surface area (Å²) in [6, 6.07) is 12.9. The van der Waals surface area contributed by atoms with Crippen molar-refractivity contribution in [1.29, 1.82) is 0 Å². The molecule has 154 valence electrons. The van der Waals surface area contributed by atoms with Crippen LogP contribution in [0.15, 0.2) is 57.9 Å². The van der Waals surface area contributed by atoms with E-state index in [1.54, 1.807) is 23.9 Å². The minimum atomic E-state index is -0.156. The number of ketones is 1. The van der Waals surface area contributed by atoms with Gasteiger partial charge in [0.05, 0.1) is 25.9 Å². The summed E-state index contributed by atoms with van der Waals surface area (Å²) in [6.07, 6.45) is 4.18. The van der Waals surface area contributed by atoms with Gasteiger partial charge in [0, 0.05) is 22.0 Å². The number of aromatic nitrogens is 1. The van der Waals surface area contributed by atoms with E-state index in [0.717, 1.165) is 29.5 Å². The lowest BCUT2D eigenvalue weighted by molar-refractivity contribution is -0.120. The fourth-order valence-corrected chi connectivity index (χ4v) is 4.04. The van der Waals surface area contributed by atoms with Crippen molar-refractivity contribution in [2.75, 3.05) is 18.6 Å². The number of hydrogen-bond donors (Lipinski definition) is 0. The van der Waals surface area contributed by atoms with E-state index in [2.05, 4.69) is 15.9 Å². The van der Waals surface area contributed by atoms with Gasteiger partial charge >= 0.3 is 0 Å². The van der Waals surface area contributed by atoms with Crippen LogP contribution in [0, 0.1) is 5.92 Å². The number of anilines is 1. The first-order valence-electron chi connectivity index (χ1n) is 9.70. The van der Waals surface area contributed by atoms with Crippen LogP contribution in [-0.2, 0) is 16.1 Å². The van der Waals surface area contributed by atoms with Crippen LogP contribution in [0.2, 0.25) is 0 Å². The van der Waals surface area contributed by atoms with E-state index in [1.807, 2.05) is 36.4 Å². The lowest BCUT2D eigenvalue weighted by atomic mass is 10.1. The van der Waals surface area contributed by atoms with Gasteiger partial charge in [0.25, 0.3) is 5.56 Å². The smallest absolute Gasteiger partial charge is 0.258 e. The maximum atomic E-state index is 13.1. The van der Waals surface area contributed by atoms with Crippen LogP contribution in [0.25, 0.3) is 10.8 Å². The highest BCUT2D eigenvalue weighted by Gasteiger charge is 2.31. The number of halogens is 1. The minimum absolute atomic E-state index is 0.0190. The van der Waals surface area contributed by atoms with E-state index < -0.39 is 0 Å². The monoisotopic (exact) mass is 468 g/mol. The second kappa shape index (κ2) is 8.44. The Hall–Kier alpha value is -2.93. The molecule has 0 bridgehead atoms. The number of rotatable bonds is 8. The van der Waals surface area contributed by atoms with Gasteiger partial charge in [-0.05, 0) is 70.1 Å². The predicted molar refractivity (Wildman–Crippen MR) is 119 cm³/mol. The van der Waals surface area contributed by atoms with Crippen molar-refractivity contribution in [3.63, 3.8) is 0 Å². The number of pyridine rings is 1. The summed E-state index contributed by atoms with van der Waals surface area (Å²) in [5.74, 6) is 0.876. The minimum Gasteiger partial charge on any atom is -0.497 e. The molecule has 0 aliphatic heterocycles. The highest BCUT2D eigenvalue weighted by molar-refractivity contribution is 9.10. The average Bonchev–Trinajstić information content (AvgIpc) is 3.60. The molecule has 0 saturated heterocycles. The normalized spacial score (nSPS) is 13.3. The fraction of sp³-hybridized carbons (Fsp3) is 0.261. The second-order valence-corrected chi connectivity index (χ2v) is 8.32. The van der Waals surface area contributed by atoms with Crippen LogP contribution in [0.5, 0.6) is 5.75 Å². The Morgan fingerprint density at radius 2 is 1.97 bits per heavy atom. The van der Waals surface area contributed by atoms with Crippen molar-refractivity contribution >= 4 is 44.6 Å². The zero-order chi connectivity index (χ0) is 21.3. The quantitative estimate of drug-likeness (QED) is 0.472. The van der Waals surface area contributed by atoms with E-state index in [-0.39, 0.29) is 23.8 Å². The Kier molecular flexibility index (Phi) is 5.72. The van der Waals surface area contributed by atoms with Crippen LogP contribution in [0.3, 0.4) is 0 Å². The Balaban J connectivity index is 1.68. The van der Waals surface area contributed by atoms with Crippen LogP contribution in [-0.4, -0.2) is 30.4 Å². The van der Waals surface area contributed by atoms with Crippen LogP contribution < -0.4 is 15.2 Å². The number of amides is 1. The molecule has 4 rings (SSSR count). The number of hydrogen-bond acceptors (Lipinski definition) is 4. The molecule has 1 heterocycles.